The lowest BCUT2D eigenvalue weighted by atomic mass is 9.96. The van der Waals surface area contributed by atoms with Crippen LogP contribution in [0.1, 0.15) is 44.9 Å². The first-order valence-corrected chi connectivity index (χ1v) is 11.5. The molecule has 0 aliphatic carbocycles. The van der Waals surface area contributed by atoms with E-state index < -0.39 is 17.7 Å². The van der Waals surface area contributed by atoms with Gasteiger partial charge in [0.05, 0.1) is 18.2 Å². The van der Waals surface area contributed by atoms with Crippen molar-refractivity contribution in [1.29, 1.82) is 0 Å². The van der Waals surface area contributed by atoms with Gasteiger partial charge < -0.3 is 19.6 Å². The first-order chi connectivity index (χ1) is 15.9. The van der Waals surface area contributed by atoms with Gasteiger partial charge in [0.1, 0.15) is 11.5 Å². The van der Waals surface area contributed by atoms with Crippen LogP contribution in [0.25, 0.3) is 5.76 Å². The summed E-state index contributed by atoms with van der Waals surface area (Å²) in [6.45, 7) is 11.6. The third-order valence-electron chi connectivity index (χ3n) is 5.82. The van der Waals surface area contributed by atoms with Crippen LogP contribution in [0.2, 0.25) is 0 Å². The average Bonchev–Trinajstić information content (AvgIpc) is 3.08. The molecule has 1 aromatic carbocycles. The molecule has 1 aromatic heterocycles. The molecule has 7 heteroatoms. The lowest BCUT2D eigenvalue weighted by Crippen LogP contribution is -2.38. The Hall–Kier alpha value is -3.19. The Morgan fingerprint density at radius 2 is 1.73 bits per heavy atom. The summed E-state index contributed by atoms with van der Waals surface area (Å²) < 4.78 is 5.71. The summed E-state index contributed by atoms with van der Waals surface area (Å²) in [4.78, 5) is 33.9. The number of hydrogen-bond acceptors (Lipinski definition) is 6. The molecule has 1 amide bonds. The van der Waals surface area contributed by atoms with Crippen molar-refractivity contribution in [1.82, 2.24) is 14.8 Å². The van der Waals surface area contributed by atoms with E-state index >= 15 is 0 Å². The number of amides is 1. The Balaban J connectivity index is 1.98. The molecule has 1 atom stereocenters. The first-order valence-electron chi connectivity index (χ1n) is 11.5. The Kier molecular flexibility index (Phi) is 8.22. The van der Waals surface area contributed by atoms with Gasteiger partial charge in [-0.25, -0.2) is 0 Å². The van der Waals surface area contributed by atoms with Crippen LogP contribution < -0.4 is 4.74 Å². The number of ketones is 1. The molecule has 0 saturated carbocycles. The molecule has 1 fully saturated rings. The van der Waals surface area contributed by atoms with Crippen molar-refractivity contribution in [2.24, 2.45) is 5.92 Å². The summed E-state index contributed by atoms with van der Waals surface area (Å²) in [6.07, 6.45) is 3.25. The fourth-order valence-corrected chi connectivity index (χ4v) is 3.92. The predicted molar refractivity (Wildman–Crippen MR) is 128 cm³/mol. The molecule has 1 aliphatic rings. The van der Waals surface area contributed by atoms with Crippen LogP contribution in [0.4, 0.5) is 0 Å². The highest BCUT2D eigenvalue weighted by Crippen LogP contribution is 2.39. The van der Waals surface area contributed by atoms with E-state index in [2.05, 4.69) is 37.6 Å². The minimum Gasteiger partial charge on any atom is -0.507 e. The predicted octanol–water partition coefficient (Wildman–Crippen LogP) is 3.88. The number of ether oxygens (including phenoxy) is 1. The lowest BCUT2D eigenvalue weighted by molar-refractivity contribution is -0.140. The molecule has 2 aromatic rings. The second-order valence-corrected chi connectivity index (χ2v) is 8.53. The first kappa shape index (κ1) is 24.5. The molecule has 2 heterocycles. The standard InChI is InChI=1S/C26H33N3O4/c1-5-28(6-2)15-16-29-23(19-11-13-27-14-12-19)22(25(31)26(29)32)24(30)20-7-9-21(10-8-20)33-17-18(3)4/h7-14,18,23,30H,5-6,15-17H2,1-4H3/b24-22-. The molecule has 1 aliphatic heterocycles. The smallest absolute Gasteiger partial charge is 0.295 e. The number of carbonyl (C=O) groups excluding carboxylic acids is 2. The van der Waals surface area contributed by atoms with Crippen molar-refractivity contribution >= 4 is 17.4 Å². The number of hydrogen-bond donors (Lipinski definition) is 1. The van der Waals surface area contributed by atoms with Gasteiger partial charge in [0.15, 0.2) is 0 Å². The number of aliphatic hydroxyl groups is 1. The van der Waals surface area contributed by atoms with Crippen LogP contribution in [0.5, 0.6) is 5.75 Å². The van der Waals surface area contributed by atoms with Gasteiger partial charge in [-0.1, -0.05) is 27.7 Å². The normalized spacial score (nSPS) is 17.9. The second-order valence-electron chi connectivity index (χ2n) is 8.53. The lowest BCUT2D eigenvalue weighted by Gasteiger charge is -2.28. The van der Waals surface area contributed by atoms with Crippen molar-refractivity contribution in [2.45, 2.75) is 33.7 Å². The number of Topliss-reactive ketones (excluding diaryl/α,β-unsaturated/α-hetero) is 1. The van der Waals surface area contributed by atoms with Crippen LogP contribution in [0.3, 0.4) is 0 Å². The van der Waals surface area contributed by atoms with E-state index in [0.29, 0.717) is 36.9 Å². The van der Waals surface area contributed by atoms with Gasteiger partial charge in [0.25, 0.3) is 11.7 Å². The molecule has 3 rings (SSSR count). The highest BCUT2D eigenvalue weighted by molar-refractivity contribution is 6.46. The van der Waals surface area contributed by atoms with Gasteiger partial charge in [-0.3, -0.25) is 14.6 Å². The monoisotopic (exact) mass is 451 g/mol. The maximum absolute atomic E-state index is 13.1. The molecular weight excluding hydrogens is 418 g/mol. The third-order valence-corrected chi connectivity index (χ3v) is 5.82. The van der Waals surface area contributed by atoms with E-state index in [1.54, 1.807) is 53.7 Å². The number of nitrogens with zero attached hydrogens (tertiary/aromatic N) is 3. The van der Waals surface area contributed by atoms with Crippen molar-refractivity contribution in [3.63, 3.8) is 0 Å². The van der Waals surface area contributed by atoms with Crippen molar-refractivity contribution in [3.05, 3.63) is 65.5 Å². The maximum Gasteiger partial charge on any atom is 0.295 e. The van der Waals surface area contributed by atoms with E-state index in [9.17, 15) is 14.7 Å². The molecule has 1 unspecified atom stereocenters. The maximum atomic E-state index is 13.1. The van der Waals surface area contributed by atoms with Crippen LogP contribution in [-0.4, -0.2) is 64.4 Å². The van der Waals surface area contributed by atoms with E-state index in [4.69, 9.17) is 4.74 Å². The zero-order valence-corrected chi connectivity index (χ0v) is 19.8. The number of likely N-dealkylation sites (tertiary alicyclic amines) is 1. The molecule has 176 valence electrons. The molecule has 33 heavy (non-hydrogen) atoms. The van der Waals surface area contributed by atoms with Gasteiger partial charge in [0, 0.05) is 31.0 Å². The Labute approximate surface area is 195 Å². The van der Waals surface area contributed by atoms with Gasteiger partial charge in [-0.2, -0.15) is 0 Å². The highest BCUT2D eigenvalue weighted by Gasteiger charge is 2.45. The number of rotatable bonds is 10. The molecular formula is C26H33N3O4. The largest absolute Gasteiger partial charge is 0.507 e. The molecule has 1 saturated heterocycles. The number of aromatic nitrogens is 1. The Morgan fingerprint density at radius 1 is 1.09 bits per heavy atom. The summed E-state index contributed by atoms with van der Waals surface area (Å²) in [7, 11) is 0. The van der Waals surface area contributed by atoms with Crippen molar-refractivity contribution in [2.75, 3.05) is 32.8 Å². The molecule has 1 N–H and O–H groups in total. The van der Waals surface area contributed by atoms with Crippen LogP contribution >= 0.6 is 0 Å². The second kappa shape index (κ2) is 11.1. The van der Waals surface area contributed by atoms with Crippen molar-refractivity contribution in [3.8, 4) is 5.75 Å². The van der Waals surface area contributed by atoms with Crippen molar-refractivity contribution < 1.29 is 19.4 Å². The Morgan fingerprint density at radius 3 is 2.30 bits per heavy atom. The van der Waals surface area contributed by atoms with Gasteiger partial charge in [-0.15, -0.1) is 0 Å². The number of aliphatic hydroxyl groups excluding tert-OH is 1. The minimum absolute atomic E-state index is 0.0987. The molecule has 0 bridgehead atoms. The van der Waals surface area contributed by atoms with E-state index in [1.807, 2.05) is 0 Å². The van der Waals surface area contributed by atoms with Gasteiger partial charge >= 0.3 is 0 Å². The van der Waals surface area contributed by atoms with Crippen LogP contribution in [-0.2, 0) is 9.59 Å². The summed E-state index contributed by atoms with van der Waals surface area (Å²) in [5.41, 5.74) is 1.30. The zero-order chi connectivity index (χ0) is 24.0. The Bertz CT molecular complexity index is 982. The topological polar surface area (TPSA) is 83.0 Å². The minimum atomic E-state index is -0.672. The summed E-state index contributed by atoms with van der Waals surface area (Å²) in [5.74, 6) is -0.372. The van der Waals surface area contributed by atoms with E-state index in [1.165, 1.54) is 0 Å². The van der Waals surface area contributed by atoms with Crippen LogP contribution in [0, 0.1) is 5.92 Å². The SMILES string of the molecule is CCN(CC)CCN1C(=O)C(=O)/C(=C(\O)c2ccc(OCC(C)C)cc2)C1c1ccncc1. The summed E-state index contributed by atoms with van der Waals surface area (Å²) in [6, 6.07) is 9.81. The number of likely N-dealkylation sites (N-methyl/N-ethyl adjacent to an activating group) is 1. The van der Waals surface area contributed by atoms with Gasteiger partial charge in [-0.05, 0) is 61.0 Å². The fourth-order valence-electron chi connectivity index (χ4n) is 3.92. The average molecular weight is 452 g/mol. The van der Waals surface area contributed by atoms with Gasteiger partial charge in [0.2, 0.25) is 0 Å². The summed E-state index contributed by atoms with van der Waals surface area (Å²) >= 11 is 0. The number of benzene rings is 1. The number of carbonyl (C=O) groups is 2. The fraction of sp³-hybridized carbons (Fsp3) is 0.423. The molecule has 0 radical (unpaired) electrons. The van der Waals surface area contributed by atoms with E-state index in [0.717, 1.165) is 18.7 Å². The third kappa shape index (κ3) is 5.60. The quantitative estimate of drug-likeness (QED) is 0.335. The van der Waals surface area contributed by atoms with E-state index in [-0.39, 0.29) is 11.3 Å². The number of pyridine rings is 1. The molecule has 0 spiro atoms. The zero-order valence-electron chi connectivity index (χ0n) is 19.8. The highest BCUT2D eigenvalue weighted by atomic mass is 16.5. The summed E-state index contributed by atoms with van der Waals surface area (Å²) in [5, 5.41) is 11.1. The van der Waals surface area contributed by atoms with Crippen LogP contribution in [0.15, 0.2) is 54.4 Å². The molecule has 7 nitrogen and oxygen atoms in total.